The summed E-state index contributed by atoms with van der Waals surface area (Å²) in [5.74, 6) is 0.0466. The van der Waals surface area contributed by atoms with Gasteiger partial charge < -0.3 is 9.64 Å². The van der Waals surface area contributed by atoms with Crippen LogP contribution in [0.2, 0.25) is 0 Å². The predicted octanol–water partition coefficient (Wildman–Crippen LogP) is 2.61. The van der Waals surface area contributed by atoms with Gasteiger partial charge in [0.15, 0.2) is 0 Å². The van der Waals surface area contributed by atoms with E-state index in [1.54, 1.807) is 18.5 Å². The number of pyridine rings is 2. The Kier molecular flexibility index (Phi) is 4.98. The number of aryl methyl sites for hydroxylation is 1. The van der Waals surface area contributed by atoms with E-state index in [9.17, 15) is 4.79 Å². The van der Waals surface area contributed by atoms with E-state index in [1.807, 2.05) is 36.2 Å². The second kappa shape index (κ2) is 7.33. The summed E-state index contributed by atoms with van der Waals surface area (Å²) < 4.78 is 5.97. The molecule has 0 bridgehead atoms. The lowest BCUT2D eigenvalue weighted by atomic mass is 10.1. The number of carbonyl (C=O) groups is 1. The lowest BCUT2D eigenvalue weighted by Gasteiger charge is -2.33. The summed E-state index contributed by atoms with van der Waals surface area (Å²) in [6, 6.07) is 7.55. The van der Waals surface area contributed by atoms with Crippen LogP contribution in [-0.2, 0) is 11.3 Å². The third kappa shape index (κ3) is 3.93. The van der Waals surface area contributed by atoms with Crippen molar-refractivity contribution in [3.63, 3.8) is 0 Å². The molecule has 5 nitrogen and oxygen atoms in total. The molecule has 3 heterocycles. The highest BCUT2D eigenvalue weighted by Gasteiger charge is 2.25. The van der Waals surface area contributed by atoms with Crippen molar-refractivity contribution in [1.82, 2.24) is 14.9 Å². The molecule has 2 aromatic rings. The van der Waals surface area contributed by atoms with E-state index < -0.39 is 0 Å². The molecule has 120 valence electrons. The van der Waals surface area contributed by atoms with E-state index in [4.69, 9.17) is 4.74 Å². The lowest BCUT2D eigenvalue weighted by molar-refractivity contribution is -0.00684. The molecule has 1 atom stereocenters. The van der Waals surface area contributed by atoms with Gasteiger partial charge in [-0.25, -0.2) is 0 Å². The minimum atomic E-state index is 0.0466. The number of likely N-dealkylation sites (tertiary alicyclic amines) is 1. The molecule has 0 radical (unpaired) electrons. The van der Waals surface area contributed by atoms with Crippen molar-refractivity contribution in [3.8, 4) is 0 Å². The summed E-state index contributed by atoms with van der Waals surface area (Å²) in [4.78, 5) is 22.8. The topological polar surface area (TPSA) is 55.3 Å². The third-order valence-electron chi connectivity index (χ3n) is 4.11. The smallest absolute Gasteiger partial charge is 0.255 e. The van der Waals surface area contributed by atoms with Gasteiger partial charge in [0.05, 0.1) is 18.3 Å². The van der Waals surface area contributed by atoms with Gasteiger partial charge in [-0.2, -0.15) is 0 Å². The Balaban J connectivity index is 1.60. The minimum absolute atomic E-state index is 0.0466. The molecule has 0 aliphatic carbocycles. The van der Waals surface area contributed by atoms with Crippen molar-refractivity contribution in [1.29, 1.82) is 0 Å². The van der Waals surface area contributed by atoms with Gasteiger partial charge in [0.1, 0.15) is 0 Å². The third-order valence-corrected chi connectivity index (χ3v) is 4.11. The van der Waals surface area contributed by atoms with Crippen LogP contribution in [0.15, 0.2) is 42.9 Å². The maximum absolute atomic E-state index is 12.7. The van der Waals surface area contributed by atoms with E-state index in [0.29, 0.717) is 18.7 Å². The largest absolute Gasteiger partial charge is 0.372 e. The first kappa shape index (κ1) is 15.6. The van der Waals surface area contributed by atoms with E-state index >= 15 is 0 Å². The van der Waals surface area contributed by atoms with E-state index in [-0.39, 0.29) is 12.0 Å². The van der Waals surface area contributed by atoms with Gasteiger partial charge in [-0.05, 0) is 43.5 Å². The number of piperidine rings is 1. The zero-order valence-electron chi connectivity index (χ0n) is 13.3. The molecule has 23 heavy (non-hydrogen) atoms. The van der Waals surface area contributed by atoms with E-state index in [1.165, 1.54) is 0 Å². The van der Waals surface area contributed by atoms with Gasteiger partial charge in [-0.3, -0.25) is 14.8 Å². The summed E-state index contributed by atoms with van der Waals surface area (Å²) in [7, 11) is 0. The molecule has 1 saturated heterocycles. The van der Waals surface area contributed by atoms with Crippen LogP contribution in [0, 0.1) is 6.92 Å². The van der Waals surface area contributed by atoms with Gasteiger partial charge in [0.25, 0.3) is 5.91 Å². The van der Waals surface area contributed by atoms with Gasteiger partial charge in [-0.1, -0.05) is 6.07 Å². The quantitative estimate of drug-likeness (QED) is 0.871. The standard InChI is InChI=1S/C18H21N3O2/c1-14-17(7-3-9-20-14)18(22)21-10-4-6-16(12-21)23-13-15-5-2-8-19-11-15/h2-3,5,7-9,11,16H,4,6,10,12-13H2,1H3/t16-/m0/s1. The number of hydrogen-bond donors (Lipinski definition) is 0. The fraction of sp³-hybridized carbons (Fsp3) is 0.389. The normalized spacial score (nSPS) is 18.0. The Hall–Kier alpha value is -2.27. The predicted molar refractivity (Wildman–Crippen MR) is 86.9 cm³/mol. The Morgan fingerprint density at radius 1 is 1.35 bits per heavy atom. The highest BCUT2D eigenvalue weighted by molar-refractivity contribution is 5.95. The fourth-order valence-electron chi connectivity index (χ4n) is 2.84. The van der Waals surface area contributed by atoms with Crippen LogP contribution in [0.3, 0.4) is 0 Å². The molecule has 5 heteroatoms. The molecule has 0 spiro atoms. The molecule has 1 fully saturated rings. The molecule has 2 aromatic heterocycles. The molecule has 1 aliphatic heterocycles. The highest BCUT2D eigenvalue weighted by atomic mass is 16.5. The molecule has 0 unspecified atom stereocenters. The number of nitrogens with zero attached hydrogens (tertiary/aromatic N) is 3. The van der Waals surface area contributed by atoms with E-state index in [2.05, 4.69) is 9.97 Å². The van der Waals surface area contributed by atoms with Gasteiger partial charge >= 0.3 is 0 Å². The van der Waals surface area contributed by atoms with Crippen LogP contribution >= 0.6 is 0 Å². The summed E-state index contributed by atoms with van der Waals surface area (Å²) in [5, 5.41) is 0. The number of aromatic nitrogens is 2. The highest BCUT2D eigenvalue weighted by Crippen LogP contribution is 2.18. The molecule has 0 saturated carbocycles. The minimum Gasteiger partial charge on any atom is -0.372 e. The molecule has 3 rings (SSSR count). The number of ether oxygens (including phenoxy) is 1. The van der Waals surface area contributed by atoms with Crippen LogP contribution in [0.1, 0.15) is 34.5 Å². The Bertz CT molecular complexity index is 660. The number of carbonyl (C=O) groups excluding carboxylic acids is 1. The zero-order chi connectivity index (χ0) is 16.1. The lowest BCUT2D eigenvalue weighted by Crippen LogP contribution is -2.43. The summed E-state index contributed by atoms with van der Waals surface area (Å²) in [6.45, 7) is 3.81. The molecule has 1 aliphatic rings. The fourth-order valence-corrected chi connectivity index (χ4v) is 2.84. The molecule has 0 aromatic carbocycles. The summed E-state index contributed by atoms with van der Waals surface area (Å²) >= 11 is 0. The number of rotatable bonds is 4. The van der Waals surface area contributed by atoms with Gasteiger partial charge in [0, 0.05) is 37.4 Å². The van der Waals surface area contributed by atoms with E-state index in [0.717, 1.165) is 30.6 Å². The van der Waals surface area contributed by atoms with Crippen LogP contribution in [-0.4, -0.2) is 40.0 Å². The first-order valence-electron chi connectivity index (χ1n) is 7.95. The monoisotopic (exact) mass is 311 g/mol. The van der Waals surface area contributed by atoms with Crippen LogP contribution in [0.4, 0.5) is 0 Å². The van der Waals surface area contributed by atoms with Crippen molar-refractivity contribution in [2.24, 2.45) is 0 Å². The van der Waals surface area contributed by atoms with Crippen molar-refractivity contribution < 1.29 is 9.53 Å². The summed E-state index contributed by atoms with van der Waals surface area (Å²) in [5.41, 5.74) is 2.51. The number of hydrogen-bond acceptors (Lipinski definition) is 4. The SMILES string of the molecule is Cc1ncccc1C(=O)N1CCC[C@H](OCc2cccnc2)C1. The average Bonchev–Trinajstić information content (AvgIpc) is 2.61. The second-order valence-electron chi connectivity index (χ2n) is 5.82. The van der Waals surface area contributed by atoms with Crippen LogP contribution < -0.4 is 0 Å². The second-order valence-corrected chi connectivity index (χ2v) is 5.82. The Morgan fingerprint density at radius 3 is 3.00 bits per heavy atom. The molecule has 0 N–H and O–H groups in total. The molecular formula is C18H21N3O2. The average molecular weight is 311 g/mol. The first-order valence-corrected chi connectivity index (χ1v) is 7.95. The van der Waals surface area contributed by atoms with Crippen LogP contribution in [0.25, 0.3) is 0 Å². The van der Waals surface area contributed by atoms with Crippen molar-refractivity contribution >= 4 is 5.91 Å². The van der Waals surface area contributed by atoms with Crippen molar-refractivity contribution in [2.45, 2.75) is 32.5 Å². The zero-order valence-corrected chi connectivity index (χ0v) is 13.3. The summed E-state index contributed by atoms with van der Waals surface area (Å²) in [6.07, 6.45) is 7.29. The van der Waals surface area contributed by atoms with Gasteiger partial charge in [0.2, 0.25) is 0 Å². The maximum atomic E-state index is 12.7. The number of amides is 1. The molecule has 1 amide bonds. The van der Waals surface area contributed by atoms with Crippen molar-refractivity contribution in [2.75, 3.05) is 13.1 Å². The van der Waals surface area contributed by atoms with Crippen molar-refractivity contribution in [3.05, 3.63) is 59.7 Å². The Labute approximate surface area is 136 Å². The van der Waals surface area contributed by atoms with Crippen LogP contribution in [0.5, 0.6) is 0 Å². The first-order chi connectivity index (χ1) is 11.2. The maximum Gasteiger partial charge on any atom is 0.255 e. The Morgan fingerprint density at radius 2 is 2.22 bits per heavy atom. The molecular weight excluding hydrogens is 290 g/mol. The van der Waals surface area contributed by atoms with Gasteiger partial charge in [-0.15, -0.1) is 0 Å².